The molecule has 18 nitrogen and oxygen atoms in total. The van der Waals surface area contributed by atoms with Crippen molar-refractivity contribution in [2.75, 3.05) is 19.8 Å². The van der Waals surface area contributed by atoms with Crippen molar-refractivity contribution in [1.29, 1.82) is 0 Å². The number of esters is 2. The zero-order valence-corrected chi connectivity index (χ0v) is 71.8. The Bertz CT molecular complexity index is 3930. The van der Waals surface area contributed by atoms with Crippen LogP contribution in [0.25, 0.3) is 0 Å². The van der Waals surface area contributed by atoms with Crippen molar-refractivity contribution >= 4 is 178 Å². The third kappa shape index (κ3) is 17.7. The number of ether oxygens (including phenoxy) is 2. The lowest BCUT2D eigenvalue weighted by atomic mass is 10.2. The Hall–Kier alpha value is -4.51. The summed E-state index contributed by atoms with van der Waals surface area (Å²) in [6, 6.07) is 77.4. The van der Waals surface area contributed by atoms with E-state index < -0.39 is 119 Å². The Morgan fingerprint density at radius 2 is 0.687 bits per heavy atom. The number of rotatable bonds is 27. The summed E-state index contributed by atoms with van der Waals surface area (Å²) in [6.07, 6.45) is 1.19. The first-order valence-electron chi connectivity index (χ1n) is 33.3. The van der Waals surface area contributed by atoms with Crippen LogP contribution in [0.4, 0.5) is 0 Å². The lowest BCUT2D eigenvalue weighted by Gasteiger charge is -2.57. The van der Waals surface area contributed by atoms with Crippen LogP contribution in [0, 0.1) is 0 Å². The van der Waals surface area contributed by atoms with Gasteiger partial charge in [-0.1, -0.05) is 288 Å². The number of alkyl halides is 2. The Labute approximate surface area is 612 Å². The lowest BCUT2D eigenvalue weighted by Crippen LogP contribution is -2.89. The maximum absolute atomic E-state index is 13.3. The monoisotopic (exact) mass is 1650 g/mol. The average Bonchev–Trinajstić information content (AvgIpc) is 0.691. The Morgan fingerprint density at radius 1 is 0.384 bits per heavy atom. The molecule has 4 fully saturated rings. The van der Waals surface area contributed by atoms with Crippen molar-refractivity contribution in [2.24, 2.45) is 0 Å². The molecule has 8 unspecified atom stereocenters. The van der Waals surface area contributed by atoms with Crippen LogP contribution < -0.4 is 36.3 Å². The molecule has 99 heavy (non-hydrogen) atoms. The van der Waals surface area contributed by atoms with E-state index in [9.17, 15) is 9.59 Å². The lowest BCUT2D eigenvalue weighted by molar-refractivity contribution is -0.146. The molecule has 4 saturated heterocycles. The maximum Gasteiger partial charge on any atom is 0.522 e. The van der Waals surface area contributed by atoms with Gasteiger partial charge in [0.1, 0.15) is 28.2 Å². The highest BCUT2D eigenvalue weighted by atomic mass is 79.9. The van der Waals surface area contributed by atoms with E-state index in [2.05, 4.69) is 45.0 Å². The molecule has 0 amide bonds. The van der Waals surface area contributed by atoms with Crippen LogP contribution in [0.5, 0.6) is 0 Å². The predicted octanol–water partition coefficient (Wildman–Crippen LogP) is 7.98. The first kappa shape index (κ1) is 75.6. The van der Waals surface area contributed by atoms with Crippen molar-refractivity contribution in [3.63, 3.8) is 0 Å². The van der Waals surface area contributed by atoms with E-state index in [0.717, 1.165) is 5.56 Å². The molecule has 8 aromatic rings. The molecule has 4 aliphatic heterocycles. The van der Waals surface area contributed by atoms with Crippen LogP contribution in [-0.4, -0.2) is 139 Å². The van der Waals surface area contributed by atoms with Crippen LogP contribution in [0.1, 0.15) is 52.5 Å². The van der Waals surface area contributed by atoms with Crippen LogP contribution in [0.3, 0.4) is 0 Å². The molecule has 8 aromatic carbocycles. The van der Waals surface area contributed by atoms with E-state index >= 15 is 0 Å². The molecule has 0 aliphatic carbocycles. The fourth-order valence-corrected chi connectivity index (χ4v) is 63.4. The molecule has 522 valence electrons. The van der Waals surface area contributed by atoms with Gasteiger partial charge in [-0.05, 0) is 71.7 Å². The molecule has 8 atom stereocenters. The SMILES string of the molecule is C[SiH2]O[Si]1(c2ccccc2)O[Si]2(Cc3ccccc3)O[Si](OCCCCOC(=O)C(C)(C)Br)(c3ccccc3)O[Si](c3ccccc3)(O1)O[Si]1(c3ccccc3)O[Si](O[SiH2]C)(c3ccccc3)O[Si](c3ccccc3)(O2)O[Si](O[Si](C)(C)CCCOC(=O)C(C)(C)Br)(c2ccccc2)O1. The third-order valence-electron chi connectivity index (χ3n) is 16.2. The fraction of sp³-hybridized carbons (Fsp3) is 0.265. The van der Waals surface area contributed by atoms with Crippen molar-refractivity contribution < 1.29 is 77.0 Å². The first-order chi connectivity index (χ1) is 47.5. The number of halogens is 2. The minimum atomic E-state index is -5.36. The van der Waals surface area contributed by atoms with Crippen LogP contribution in [0.15, 0.2) is 243 Å². The average molecular weight is 1660 g/mol. The quantitative estimate of drug-likeness (QED) is 0.0209. The Kier molecular flexibility index (Phi) is 24.6. The van der Waals surface area contributed by atoms with Crippen molar-refractivity contribution in [2.45, 2.75) is 93.9 Å². The highest BCUT2D eigenvalue weighted by Crippen LogP contribution is 2.44. The second-order valence-corrected chi connectivity index (χ2v) is 59.7. The van der Waals surface area contributed by atoms with Gasteiger partial charge in [0, 0.05) is 49.0 Å². The van der Waals surface area contributed by atoms with E-state index in [4.69, 9.17) is 67.4 Å². The molecular weight excluding hydrogens is 1570 g/mol. The van der Waals surface area contributed by atoms with Crippen LogP contribution in [-0.2, 0) is 83.0 Å². The largest absolute Gasteiger partial charge is 0.522 e. The number of carbonyl (C=O) groups excluding carboxylic acids is 2. The van der Waals surface area contributed by atoms with E-state index in [1.807, 2.05) is 256 Å². The molecule has 0 saturated carbocycles. The smallest absolute Gasteiger partial charge is 0.465 e. The second-order valence-electron chi connectivity index (χ2n) is 25.4. The van der Waals surface area contributed by atoms with E-state index in [0.29, 0.717) is 61.6 Å². The number of unbranched alkanes of at least 4 members (excludes halogenated alkanes) is 1. The summed E-state index contributed by atoms with van der Waals surface area (Å²) < 4.78 is 127. The molecule has 4 heterocycles. The number of hydrogen-bond donors (Lipinski definition) is 0. The first-order valence-corrected chi connectivity index (χ1v) is 55.9. The van der Waals surface area contributed by atoms with Gasteiger partial charge in [-0.15, -0.1) is 0 Å². The Morgan fingerprint density at radius 3 is 1.08 bits per heavy atom. The zero-order valence-electron chi connectivity index (χ0n) is 56.8. The molecule has 0 aromatic heterocycles. The third-order valence-corrected chi connectivity index (χ3v) is 57.7. The van der Waals surface area contributed by atoms with Crippen LogP contribution in [0.2, 0.25) is 32.2 Å². The molecule has 0 radical (unpaired) electrons. The van der Waals surface area contributed by atoms with Gasteiger partial charge in [0.05, 0.1) is 13.2 Å². The van der Waals surface area contributed by atoms with Gasteiger partial charge in [-0.3, -0.25) is 9.59 Å². The van der Waals surface area contributed by atoms with E-state index in [1.165, 1.54) is 0 Å². The molecule has 4 aliphatic rings. The van der Waals surface area contributed by atoms with Gasteiger partial charge in [-0.2, -0.15) is 0 Å². The van der Waals surface area contributed by atoms with Gasteiger partial charge < -0.3 is 67.4 Å². The number of benzene rings is 8. The normalized spacial score (nSPS) is 26.9. The summed E-state index contributed by atoms with van der Waals surface area (Å²) in [7, 11) is -47.4. The predicted molar refractivity (Wildman–Crippen MR) is 412 cm³/mol. The minimum Gasteiger partial charge on any atom is -0.465 e. The Balaban J connectivity index is 1.32. The van der Waals surface area contributed by atoms with E-state index in [-0.39, 0.29) is 25.9 Å². The molecule has 0 spiro atoms. The van der Waals surface area contributed by atoms with Gasteiger partial charge in [0.15, 0.2) is 8.32 Å². The molecule has 31 heteroatoms. The summed E-state index contributed by atoms with van der Waals surface area (Å²) in [5.74, 6) is -0.798. The molecule has 0 N–H and O–H groups in total. The highest BCUT2D eigenvalue weighted by Gasteiger charge is 2.80. The summed E-state index contributed by atoms with van der Waals surface area (Å²) in [5, 5.41) is 3.48. The summed E-state index contributed by atoms with van der Waals surface area (Å²) in [6.45, 7) is 15.5. The minimum absolute atomic E-state index is 0.00272. The molecular formula is C68H84Br2O18Si11. The van der Waals surface area contributed by atoms with Gasteiger partial charge in [-0.25, -0.2) is 0 Å². The molecule has 12 rings (SSSR count). The standard InChI is InChI=1S/C68H84Br2O18Si11/c1-67(2,69)65(71)73-52-33-34-54-75-93(58-38-19-10-20-39-58)79-92(56-57-36-17-9-18-37-57)80-94(76-89-5,59-40-21-11-22-41-59)83-98(82-93,63-48-29-15-30-49-63)88-99(64-50-31-16-32-51-64)85-95(77-90-6,60-42-23-12-24-43-60)84-97(81-92,62-46-27-14-28-47-62)86-96(87-99,61-44-25-13-26-45-61)78-91(7,8)55-35-53-74-66(72)68(3,4)70/h9-32,36-51H,33-35,52-56,89-90H2,1-8H3. The van der Waals surface area contributed by atoms with Gasteiger partial charge in [0.2, 0.25) is 0 Å². The van der Waals surface area contributed by atoms with Gasteiger partial charge in [0.25, 0.3) is 0 Å². The maximum atomic E-state index is 13.3. The topological polar surface area (TPSA) is 182 Å². The van der Waals surface area contributed by atoms with Gasteiger partial charge >= 0.3 is 82.4 Å². The van der Waals surface area contributed by atoms with E-state index in [1.54, 1.807) is 27.7 Å². The molecule has 4 bridgehead atoms. The van der Waals surface area contributed by atoms with Crippen molar-refractivity contribution in [3.8, 4) is 0 Å². The fourth-order valence-electron chi connectivity index (χ4n) is 11.5. The number of fused-ring (bicyclic) bond motifs is 4. The number of hydrogen-bond acceptors (Lipinski definition) is 18. The summed E-state index contributed by atoms with van der Waals surface area (Å²) >= 11 is 6.96. The zero-order chi connectivity index (χ0) is 69.9. The number of carbonyl (C=O) groups is 2. The van der Waals surface area contributed by atoms with Crippen LogP contribution >= 0.6 is 31.9 Å². The summed E-state index contributed by atoms with van der Waals surface area (Å²) in [4.78, 5) is 26.5. The van der Waals surface area contributed by atoms with Crippen molar-refractivity contribution in [3.05, 3.63) is 248 Å². The second kappa shape index (κ2) is 32.2. The summed E-state index contributed by atoms with van der Waals surface area (Å²) in [5.41, 5.74) is 0.743. The highest BCUT2D eigenvalue weighted by molar-refractivity contribution is 9.10. The van der Waals surface area contributed by atoms with Crippen molar-refractivity contribution in [1.82, 2.24) is 0 Å².